The average Bonchev–Trinajstić information content (AvgIpc) is 2.73. The smallest absolute Gasteiger partial charge is 0.276 e. The summed E-state index contributed by atoms with van der Waals surface area (Å²) in [5.41, 5.74) is 6.28. The highest BCUT2D eigenvalue weighted by Crippen LogP contribution is 2.35. The standard InChI is InChI=1S/C18H20N6O2/c1-11-8-12(22-14-9-13(19)20-10-21-14)17(26)24-15(11)16(25)23-18(24)6-4-2-3-5-7-18/h2-3,8-10H,4-7H2,1H3,(H,23,25)(H3,19,20,21,22). The molecule has 4 N–H and O–H groups in total. The topological polar surface area (TPSA) is 115 Å². The quantitative estimate of drug-likeness (QED) is 0.710. The molecule has 134 valence electrons. The van der Waals surface area contributed by atoms with Crippen molar-refractivity contribution in [1.82, 2.24) is 19.9 Å². The summed E-state index contributed by atoms with van der Waals surface area (Å²) in [5, 5.41) is 6.08. The first-order valence-corrected chi connectivity index (χ1v) is 8.59. The fourth-order valence-corrected chi connectivity index (χ4v) is 3.78. The van der Waals surface area contributed by atoms with E-state index in [9.17, 15) is 9.59 Å². The molecular weight excluding hydrogens is 332 g/mol. The van der Waals surface area contributed by atoms with Crippen LogP contribution in [0.2, 0.25) is 0 Å². The molecule has 1 spiro atoms. The molecule has 0 radical (unpaired) electrons. The molecule has 1 amide bonds. The van der Waals surface area contributed by atoms with E-state index in [2.05, 4.69) is 32.8 Å². The number of carbonyl (C=O) groups is 1. The number of anilines is 3. The predicted octanol–water partition coefficient (Wildman–Crippen LogP) is 1.80. The van der Waals surface area contributed by atoms with Crippen LogP contribution in [-0.4, -0.2) is 20.4 Å². The molecule has 0 saturated carbocycles. The summed E-state index contributed by atoms with van der Waals surface area (Å²) < 4.78 is 1.63. The van der Waals surface area contributed by atoms with Crippen molar-refractivity contribution in [3.63, 3.8) is 0 Å². The van der Waals surface area contributed by atoms with Gasteiger partial charge in [0.25, 0.3) is 11.5 Å². The lowest BCUT2D eigenvalue weighted by Gasteiger charge is -2.30. The highest BCUT2D eigenvalue weighted by molar-refractivity contribution is 5.97. The molecule has 3 heterocycles. The summed E-state index contributed by atoms with van der Waals surface area (Å²) >= 11 is 0. The first-order chi connectivity index (χ1) is 12.5. The normalized spacial score (nSPS) is 17.7. The van der Waals surface area contributed by atoms with Gasteiger partial charge in [-0.3, -0.25) is 14.2 Å². The van der Waals surface area contributed by atoms with Gasteiger partial charge < -0.3 is 16.4 Å². The summed E-state index contributed by atoms with van der Waals surface area (Å²) in [4.78, 5) is 33.8. The van der Waals surface area contributed by atoms with Crippen molar-refractivity contribution in [1.29, 1.82) is 0 Å². The van der Waals surface area contributed by atoms with Crippen LogP contribution in [0.3, 0.4) is 0 Å². The number of aryl methyl sites for hydroxylation is 1. The van der Waals surface area contributed by atoms with Crippen molar-refractivity contribution >= 4 is 23.2 Å². The molecule has 2 aromatic rings. The van der Waals surface area contributed by atoms with Gasteiger partial charge in [0.2, 0.25) is 0 Å². The Morgan fingerprint density at radius 2 is 1.92 bits per heavy atom. The summed E-state index contributed by atoms with van der Waals surface area (Å²) in [5.74, 6) is 0.548. The molecule has 0 aromatic carbocycles. The third-order valence-electron chi connectivity index (χ3n) is 4.95. The van der Waals surface area contributed by atoms with E-state index in [1.807, 2.05) is 6.92 Å². The zero-order chi connectivity index (χ0) is 18.3. The Bertz CT molecular complexity index is 968. The molecule has 0 atom stereocenters. The molecule has 0 fully saturated rings. The minimum absolute atomic E-state index is 0.195. The number of nitrogen functional groups attached to an aromatic ring is 1. The number of carbonyl (C=O) groups excluding carboxylic acids is 1. The Morgan fingerprint density at radius 3 is 2.62 bits per heavy atom. The van der Waals surface area contributed by atoms with Crippen LogP contribution in [-0.2, 0) is 5.66 Å². The lowest BCUT2D eigenvalue weighted by atomic mass is 10.00. The maximum Gasteiger partial charge on any atom is 0.276 e. The van der Waals surface area contributed by atoms with Gasteiger partial charge in [-0.25, -0.2) is 9.97 Å². The Balaban J connectivity index is 1.84. The number of nitrogens with two attached hydrogens (primary N) is 1. The number of aromatic nitrogens is 3. The molecule has 2 aromatic heterocycles. The average molecular weight is 352 g/mol. The number of rotatable bonds is 2. The molecular formula is C18H20N6O2. The van der Waals surface area contributed by atoms with Crippen molar-refractivity contribution in [2.24, 2.45) is 0 Å². The molecule has 1 aliphatic carbocycles. The van der Waals surface area contributed by atoms with Crippen LogP contribution in [0.25, 0.3) is 0 Å². The van der Waals surface area contributed by atoms with Crippen LogP contribution in [0.4, 0.5) is 17.3 Å². The molecule has 1 aliphatic heterocycles. The van der Waals surface area contributed by atoms with Crippen molar-refractivity contribution in [2.45, 2.75) is 38.3 Å². The molecule has 0 bridgehead atoms. The number of hydrogen-bond acceptors (Lipinski definition) is 6. The minimum Gasteiger partial charge on any atom is -0.384 e. The van der Waals surface area contributed by atoms with Crippen molar-refractivity contribution in [3.8, 4) is 0 Å². The van der Waals surface area contributed by atoms with Gasteiger partial charge in [0, 0.05) is 6.07 Å². The second-order valence-corrected chi connectivity index (χ2v) is 6.72. The molecule has 0 saturated heterocycles. The lowest BCUT2D eigenvalue weighted by molar-refractivity contribution is 0.0905. The Kier molecular flexibility index (Phi) is 3.75. The zero-order valence-corrected chi connectivity index (χ0v) is 14.5. The van der Waals surface area contributed by atoms with Crippen molar-refractivity contribution in [3.05, 3.63) is 52.2 Å². The summed E-state index contributed by atoms with van der Waals surface area (Å²) in [6.07, 6.45) is 8.53. The van der Waals surface area contributed by atoms with Crippen LogP contribution < -0.4 is 21.9 Å². The maximum absolute atomic E-state index is 13.2. The lowest BCUT2D eigenvalue weighted by Crippen LogP contribution is -2.47. The van der Waals surface area contributed by atoms with Gasteiger partial charge in [-0.1, -0.05) is 12.2 Å². The van der Waals surface area contributed by atoms with Crippen molar-refractivity contribution in [2.75, 3.05) is 11.1 Å². The van der Waals surface area contributed by atoms with E-state index in [4.69, 9.17) is 5.73 Å². The van der Waals surface area contributed by atoms with Gasteiger partial charge in [-0.05, 0) is 44.2 Å². The van der Waals surface area contributed by atoms with Crippen LogP contribution in [0.5, 0.6) is 0 Å². The summed E-state index contributed by atoms with van der Waals surface area (Å²) in [6.45, 7) is 1.83. The Morgan fingerprint density at radius 1 is 1.19 bits per heavy atom. The van der Waals surface area contributed by atoms with Crippen LogP contribution >= 0.6 is 0 Å². The fraction of sp³-hybridized carbons (Fsp3) is 0.333. The first-order valence-electron chi connectivity index (χ1n) is 8.59. The van der Waals surface area contributed by atoms with Crippen LogP contribution in [0, 0.1) is 6.92 Å². The molecule has 26 heavy (non-hydrogen) atoms. The summed E-state index contributed by atoms with van der Waals surface area (Å²) in [7, 11) is 0. The van der Waals surface area contributed by atoms with E-state index in [-0.39, 0.29) is 11.5 Å². The molecule has 8 heteroatoms. The van der Waals surface area contributed by atoms with E-state index in [0.29, 0.717) is 35.9 Å². The van der Waals surface area contributed by atoms with E-state index in [1.165, 1.54) is 6.33 Å². The third kappa shape index (κ3) is 2.54. The van der Waals surface area contributed by atoms with E-state index >= 15 is 0 Å². The number of pyridine rings is 1. The van der Waals surface area contributed by atoms with E-state index < -0.39 is 5.66 Å². The number of amides is 1. The zero-order valence-electron chi connectivity index (χ0n) is 14.5. The molecule has 2 aliphatic rings. The highest BCUT2D eigenvalue weighted by Gasteiger charge is 2.44. The van der Waals surface area contributed by atoms with Gasteiger partial charge in [0.1, 0.15) is 35.0 Å². The second-order valence-electron chi connectivity index (χ2n) is 6.72. The fourth-order valence-electron chi connectivity index (χ4n) is 3.78. The predicted molar refractivity (Wildman–Crippen MR) is 98.2 cm³/mol. The van der Waals surface area contributed by atoms with Crippen LogP contribution in [0.15, 0.2) is 35.4 Å². The summed E-state index contributed by atoms with van der Waals surface area (Å²) in [6, 6.07) is 3.24. The monoisotopic (exact) mass is 352 g/mol. The second kappa shape index (κ2) is 5.98. The first kappa shape index (κ1) is 16.3. The van der Waals surface area contributed by atoms with Crippen LogP contribution in [0.1, 0.15) is 41.7 Å². The van der Waals surface area contributed by atoms with Gasteiger partial charge in [-0.2, -0.15) is 0 Å². The third-order valence-corrected chi connectivity index (χ3v) is 4.95. The van der Waals surface area contributed by atoms with E-state index in [0.717, 1.165) is 18.4 Å². The molecule has 4 rings (SSSR count). The SMILES string of the molecule is Cc1cc(Nc2cc(N)ncn2)c(=O)n2c1C(=O)NC21CCC=CCC1. The number of hydrogen-bond donors (Lipinski definition) is 3. The van der Waals surface area contributed by atoms with E-state index in [1.54, 1.807) is 16.7 Å². The highest BCUT2D eigenvalue weighted by atomic mass is 16.2. The van der Waals surface area contributed by atoms with Crippen molar-refractivity contribution < 1.29 is 4.79 Å². The molecule has 0 unspecified atom stereocenters. The maximum atomic E-state index is 13.2. The minimum atomic E-state index is -0.680. The van der Waals surface area contributed by atoms with Gasteiger partial charge in [-0.15, -0.1) is 0 Å². The Hall–Kier alpha value is -3.16. The number of nitrogens with zero attached hydrogens (tertiary/aromatic N) is 3. The van der Waals surface area contributed by atoms with Gasteiger partial charge >= 0.3 is 0 Å². The largest absolute Gasteiger partial charge is 0.384 e. The van der Waals surface area contributed by atoms with Gasteiger partial charge in [0.15, 0.2) is 0 Å². The number of allylic oxidation sites excluding steroid dienone is 2. The van der Waals surface area contributed by atoms with Gasteiger partial charge in [0.05, 0.1) is 0 Å². The Labute approximate surface area is 150 Å². The molecule has 8 nitrogen and oxygen atoms in total. The number of nitrogens with one attached hydrogen (secondary N) is 2. The number of fused-ring (bicyclic) bond motifs is 2.